The Morgan fingerprint density at radius 1 is 0.444 bits per heavy atom. The first-order valence-corrected chi connectivity index (χ1v) is 40.9. The predicted octanol–water partition coefficient (Wildman–Crippen LogP) is 24.9. The molecule has 17 nitrogen and oxygen atoms in total. The summed E-state index contributed by atoms with van der Waals surface area (Å²) in [6.45, 7) is 11.4. The molecule has 3 heterocycles. The predicted molar refractivity (Wildman–Crippen MR) is 645 cm³/mol. The van der Waals surface area contributed by atoms with Gasteiger partial charge in [0, 0.05) is 319 Å². The van der Waals surface area contributed by atoms with Gasteiger partial charge in [0.1, 0.15) is 59.7 Å². The van der Waals surface area contributed by atoms with Gasteiger partial charge in [-0.25, -0.2) is 15.0 Å². The van der Waals surface area contributed by atoms with Crippen molar-refractivity contribution in [2.24, 2.45) is 0 Å². The van der Waals surface area contributed by atoms with Gasteiger partial charge in [-0.05, 0) is 220 Å². The van der Waals surface area contributed by atoms with Crippen molar-refractivity contribution < 1.29 is 151 Å². The van der Waals surface area contributed by atoms with Crippen LogP contribution in [0.4, 0.5) is 5.82 Å². The van der Waals surface area contributed by atoms with Crippen LogP contribution in [0.2, 0.25) is 18.1 Å². The van der Waals surface area contributed by atoms with Crippen molar-refractivity contribution in [2.75, 3.05) is 26.1 Å². The van der Waals surface area contributed by atoms with Crippen LogP contribution in [0.1, 0.15) is 168 Å². The van der Waals surface area contributed by atoms with Crippen molar-refractivity contribution in [2.45, 2.75) is 88.8 Å². The molecular formula is C115H187N5O12Si. The maximum atomic E-state index is 15.1. The van der Waals surface area contributed by atoms with Gasteiger partial charge < -0.3 is 52.4 Å². The van der Waals surface area contributed by atoms with Gasteiger partial charge in [-0.2, -0.15) is 0 Å². The number of amides is 1. The van der Waals surface area contributed by atoms with Gasteiger partial charge in [0.15, 0.2) is 49.1 Å². The molecule has 2 aromatic heterocycles. The SMILES string of the molecule is C#CC#CC#CC#CC#CC#CC#CC#CC#CC#CC#COc1cc(C(=O)Nc2ncnc3c2ncn3[C@@H]2O[C@H](COC(c3ccccc3)(c3ccc(OC)cc3)c3ccc(OC)cc3)[C@H](OC(=O)CCC(C)=O)C2O[Si](C)(C)C(C)(C)C)cc(OC#CC#CC#CC#CC#CC#CC#CC#CC#CC#CC#C)c1OC#CC#CC#CC#CC#CC#CC#CC#CC#CC#CC#C.[HH].[HH].[HH].[HH].[HH].[HH].[HH].[HH].[HH].[HH].[HH].[HH].[HH].[HH].[HH].[HH].[HH].[HH].[HH].[HH].[HH].[HH].[HH].[HH].[HH].[HH].[HH].[HH].[HH].[HH].[HH].[HH].[HH].[HH].[HH].[HH].[HH].[HH].[HH].[HH].[HH].[HH].[HH].[HH].[HH].[HH].[HH].[HH].[HH].[HH].[HH].[HH].[HH].[HH].[HH].[HH].[HH].[HH].[HH].[HH].[HH].[HH].[HH].[HH].[HH].[HH]. The second-order valence-electron chi connectivity index (χ2n) is 25.9. The molecule has 4 aromatic carbocycles. The minimum atomic E-state index is -2.93. The zero-order valence-corrected chi connectivity index (χ0v) is 72.7. The van der Waals surface area contributed by atoms with E-state index < -0.39 is 55.4 Å². The third-order valence-corrected chi connectivity index (χ3v) is 20.9. The number of anilines is 1. The second kappa shape index (κ2) is 57.1. The van der Waals surface area contributed by atoms with Gasteiger partial charge in [0.2, 0.25) is 5.75 Å². The third kappa shape index (κ3) is 34.8. The topological polar surface area (TPSA) is 190 Å². The molecule has 6 aromatic rings. The summed E-state index contributed by atoms with van der Waals surface area (Å²) in [4.78, 5) is 55.8. The number of methoxy groups -OCH3 is 2. The summed E-state index contributed by atoms with van der Waals surface area (Å²) >= 11 is 0. The lowest BCUT2D eigenvalue weighted by atomic mass is 9.80. The van der Waals surface area contributed by atoms with Gasteiger partial charge in [-0.3, -0.25) is 14.2 Å². The molecule has 0 spiro atoms. The van der Waals surface area contributed by atoms with Gasteiger partial charge in [-0.1, -0.05) is 75.4 Å². The molecule has 0 radical (unpaired) electrons. The Kier molecular flexibility index (Phi) is 42.4. The number of hydrogen-bond acceptors (Lipinski definition) is 15. The van der Waals surface area contributed by atoms with Crippen LogP contribution < -0.4 is 29.0 Å². The van der Waals surface area contributed by atoms with Gasteiger partial charge in [0.05, 0.1) is 33.6 Å². The molecule has 133 heavy (non-hydrogen) atoms. The summed E-state index contributed by atoms with van der Waals surface area (Å²) < 4.78 is 59.2. The van der Waals surface area contributed by atoms with Gasteiger partial charge >= 0.3 is 5.97 Å². The van der Waals surface area contributed by atoms with Crippen molar-refractivity contribution >= 4 is 43.0 Å². The van der Waals surface area contributed by atoms with Crippen LogP contribution in [-0.4, -0.2) is 84.6 Å². The summed E-state index contributed by atoms with van der Waals surface area (Å²) in [7, 11) is 0.221. The number of carbonyl (C=O) groups excluding carboxylic acids is 3. The van der Waals surface area contributed by atoms with E-state index in [2.05, 4.69) is 405 Å². The molecule has 4 atom stereocenters. The normalized spacial score (nSPS) is 10.9. The number of esters is 1. The average molecular weight is 1860 g/mol. The van der Waals surface area contributed by atoms with Gasteiger partial charge in [0.25, 0.3) is 5.91 Å². The number of ketones is 1. The Hall–Kier alpha value is -21.4. The summed E-state index contributed by atoms with van der Waals surface area (Å²) in [6, 6.07) is 27.0. The Labute approximate surface area is 874 Å². The minimum Gasteiger partial charge on any atom is -0.497 e. The first-order valence-electron chi connectivity index (χ1n) is 38.0. The van der Waals surface area contributed by atoms with E-state index in [1.165, 1.54) is 31.7 Å². The molecule has 1 saturated heterocycles. The summed E-state index contributed by atoms with van der Waals surface area (Å²) in [5.41, 5.74) is 0.728. The maximum absolute atomic E-state index is 15.1. The van der Waals surface area contributed by atoms with E-state index in [-0.39, 0.29) is 159 Å². The maximum Gasteiger partial charge on any atom is 0.306 e. The molecule has 1 fully saturated rings. The molecule has 1 aliphatic heterocycles. The number of hydrogen-bond donors (Lipinski definition) is 1. The number of aromatic nitrogens is 4. The number of terminal acetylenes is 3. The zero-order valence-electron chi connectivity index (χ0n) is 71.7. The zero-order chi connectivity index (χ0) is 94.9. The van der Waals surface area contributed by atoms with Crippen LogP contribution in [0.15, 0.2) is 104 Å². The van der Waals surface area contributed by atoms with E-state index in [1.807, 2.05) is 92.0 Å². The molecule has 1 unspecified atom stereocenters. The number of carbonyl (C=O) groups is 3. The molecule has 0 aliphatic carbocycles. The van der Waals surface area contributed by atoms with E-state index in [0.29, 0.717) is 22.6 Å². The Balaban J connectivity index is -0.0000000505. The van der Waals surface area contributed by atoms with Crippen LogP contribution in [0, 0.1) is 393 Å². The van der Waals surface area contributed by atoms with Gasteiger partial charge in [-0.15, -0.1) is 19.3 Å². The fourth-order valence-corrected chi connectivity index (χ4v) is 11.2. The lowest BCUT2D eigenvalue weighted by Crippen LogP contribution is -2.50. The largest absolute Gasteiger partial charge is 0.497 e. The lowest BCUT2D eigenvalue weighted by molar-refractivity contribution is -0.159. The highest BCUT2D eigenvalue weighted by molar-refractivity contribution is 6.74. The standard InChI is InChI=1S/C115H55N5O12Si.66H2/c1-12-15-18-21-24-27-30-33-36-39-42-45-48-51-54-57-60-63-66-72-87-126-102-90-96(91-103(127-88-73-67-64-61-58-55-52-49-46-43-40-37-34-31-28-25-22-19-16-13-2)107(102)128-89-74-68-65-62-59-56-53-50-47-44-41-38-35-32-29-26-23-20-17-14-3)112(123)119-110-106-111(117-93-116-110)120(94-118-106)113-109(132-133(10,11)114(5,6)7)108(131-105(122)86-77-95(4)121)104(130-113)92-129-115(97-75-70-69-71-76-97,98-78-82-100(124-8)83-79-98)99-80-84-101(125-9)85-81-99;;;;;;;;;;;;;;;;;;;;;;;;;;;;;;;;;;;;;;;;;;;;;;;;;;;;;;;;;;;;;;;;;;/h1-3,69-71,75-76,78-85,90-91,93-94,104,108-109,113H,77,86,92H2,4-11H3,(H,116,117,119,123);66*1H/t104-,108+,109?,113-;;;;;;;;;;;;;;;;;;;;;;;;;;;;;;;;;;;;;;;;;;;;;;;;;;;;;;;;;;;;;;;;;;/m1................................................................../s1. The summed E-state index contributed by atoms with van der Waals surface area (Å²) in [5.74, 6) is 147. The number of nitrogens with one attached hydrogen (secondary N) is 1. The highest BCUT2D eigenvalue weighted by Gasteiger charge is 2.54. The van der Waals surface area contributed by atoms with E-state index in [9.17, 15) is 9.59 Å². The summed E-state index contributed by atoms with van der Waals surface area (Å²) in [6.07, 6.45) is 20.1. The van der Waals surface area contributed by atoms with E-state index in [1.54, 1.807) is 18.8 Å². The molecule has 1 amide bonds. The quantitative estimate of drug-likeness (QED) is 0.0328. The van der Waals surface area contributed by atoms with Crippen LogP contribution >= 0.6 is 0 Å². The Morgan fingerprint density at radius 3 is 1.14 bits per heavy atom. The Morgan fingerprint density at radius 2 is 0.789 bits per heavy atom. The van der Waals surface area contributed by atoms with Crippen LogP contribution in [-0.2, 0) is 33.8 Å². The number of nitrogens with zero attached hydrogens (tertiary/aromatic N) is 4. The monoisotopic (exact) mass is 1860 g/mol. The molecule has 0 bridgehead atoms. The Bertz CT molecular complexity index is 7890. The van der Waals surface area contributed by atoms with Crippen molar-refractivity contribution in [3.05, 3.63) is 126 Å². The third-order valence-electron chi connectivity index (χ3n) is 16.5. The van der Waals surface area contributed by atoms with Crippen molar-refractivity contribution in [3.63, 3.8) is 0 Å². The van der Waals surface area contributed by atoms with Crippen LogP contribution in [0.25, 0.3) is 11.2 Å². The van der Waals surface area contributed by atoms with E-state index >= 15 is 4.79 Å². The molecule has 0 saturated carbocycles. The number of rotatable bonds is 20. The number of fused-ring (bicyclic) bond motifs is 1. The number of ether oxygens (including phenoxy) is 8. The smallest absolute Gasteiger partial charge is 0.306 e. The molecule has 1 N–H and O–H groups in total. The molecular weight excluding hydrogens is 1670 g/mol. The number of imidazole rings is 1. The number of Topliss-reactive ketones (excluding diaryl/α,β-unsaturated/α-hetero) is 1. The van der Waals surface area contributed by atoms with Crippen molar-refractivity contribution in [1.82, 2.24) is 19.5 Å². The van der Waals surface area contributed by atoms with Crippen LogP contribution in [0.5, 0.6) is 28.7 Å². The molecule has 7 rings (SSSR count). The summed E-state index contributed by atoms with van der Waals surface area (Å²) in [5, 5.41) is 2.40. The van der Waals surface area contributed by atoms with E-state index in [0.717, 1.165) is 5.56 Å². The first kappa shape index (κ1) is 98.7. The molecule has 18 heteroatoms. The second-order valence-corrected chi connectivity index (χ2v) is 30.6. The fraction of sp³-hybridized carbons (Fsp3) is 0.148. The average Bonchev–Trinajstić information content (AvgIpc) is 1.64. The molecule has 748 valence electrons. The lowest BCUT2D eigenvalue weighted by Gasteiger charge is -2.40. The van der Waals surface area contributed by atoms with Crippen molar-refractivity contribution in [3.8, 4) is 422 Å². The van der Waals surface area contributed by atoms with E-state index in [4.69, 9.17) is 71.6 Å². The first-order chi connectivity index (χ1) is 65.0. The molecule has 1 aliphatic rings. The minimum absolute atomic E-state index is 0. The highest BCUT2D eigenvalue weighted by atomic mass is 28.4. The highest BCUT2D eigenvalue weighted by Crippen LogP contribution is 2.47. The fourth-order valence-electron chi connectivity index (χ4n) is 9.91. The van der Waals surface area contributed by atoms with Crippen LogP contribution in [0.3, 0.4) is 0 Å². The van der Waals surface area contributed by atoms with Crippen molar-refractivity contribution in [1.29, 1.82) is 0 Å². The number of benzene rings is 4.